The van der Waals surface area contributed by atoms with Crippen molar-refractivity contribution in [2.45, 2.75) is 31.6 Å². The van der Waals surface area contributed by atoms with Gasteiger partial charge in [-0.3, -0.25) is 4.79 Å². The van der Waals surface area contributed by atoms with Gasteiger partial charge in [0.15, 0.2) is 5.76 Å². The maximum atomic E-state index is 11.7. The average Bonchev–Trinajstić information content (AvgIpc) is 2.96. The standard InChI is InChI=1S/C10H15N3O3/c11-5-7-1-2-9(15-7)10(14)12-6-8-3-4-13-16-8/h3-4,7,9H,1-2,5-6,11H2,(H,12,14). The van der Waals surface area contributed by atoms with Crippen molar-refractivity contribution in [1.29, 1.82) is 0 Å². The second-order valence-corrected chi connectivity index (χ2v) is 3.76. The highest BCUT2D eigenvalue weighted by molar-refractivity contribution is 5.80. The lowest BCUT2D eigenvalue weighted by molar-refractivity contribution is -0.132. The number of hydrogen-bond donors (Lipinski definition) is 2. The number of nitrogens with two attached hydrogens (primary N) is 1. The Morgan fingerprint density at radius 2 is 2.50 bits per heavy atom. The first-order valence-electron chi connectivity index (χ1n) is 5.32. The summed E-state index contributed by atoms with van der Waals surface area (Å²) >= 11 is 0. The molecule has 6 nitrogen and oxygen atoms in total. The van der Waals surface area contributed by atoms with Crippen molar-refractivity contribution in [3.05, 3.63) is 18.0 Å². The van der Waals surface area contributed by atoms with Crippen LogP contribution >= 0.6 is 0 Å². The van der Waals surface area contributed by atoms with Crippen LogP contribution in [0.3, 0.4) is 0 Å². The fourth-order valence-corrected chi connectivity index (χ4v) is 1.69. The van der Waals surface area contributed by atoms with E-state index in [2.05, 4.69) is 10.5 Å². The molecule has 1 aliphatic heterocycles. The van der Waals surface area contributed by atoms with E-state index >= 15 is 0 Å². The van der Waals surface area contributed by atoms with Crippen molar-refractivity contribution in [1.82, 2.24) is 10.5 Å². The lowest BCUT2D eigenvalue weighted by atomic mass is 10.2. The Morgan fingerprint density at radius 1 is 1.62 bits per heavy atom. The fourth-order valence-electron chi connectivity index (χ4n) is 1.69. The van der Waals surface area contributed by atoms with Crippen molar-refractivity contribution >= 4 is 5.91 Å². The van der Waals surface area contributed by atoms with E-state index in [1.165, 1.54) is 6.20 Å². The summed E-state index contributed by atoms with van der Waals surface area (Å²) in [5, 5.41) is 6.28. The van der Waals surface area contributed by atoms with Crippen molar-refractivity contribution in [2.75, 3.05) is 6.54 Å². The van der Waals surface area contributed by atoms with Gasteiger partial charge in [0.05, 0.1) is 18.8 Å². The first kappa shape index (κ1) is 11.1. The lowest BCUT2D eigenvalue weighted by Gasteiger charge is -2.11. The number of nitrogens with zero attached hydrogens (tertiary/aromatic N) is 1. The molecule has 0 bridgehead atoms. The summed E-state index contributed by atoms with van der Waals surface area (Å²) in [6, 6.07) is 1.71. The Balaban J connectivity index is 1.76. The van der Waals surface area contributed by atoms with E-state index in [1.807, 2.05) is 0 Å². The third kappa shape index (κ3) is 2.59. The van der Waals surface area contributed by atoms with E-state index in [0.29, 0.717) is 18.8 Å². The van der Waals surface area contributed by atoms with E-state index in [4.69, 9.17) is 15.0 Å². The Bertz CT molecular complexity index is 339. The number of carbonyl (C=O) groups is 1. The molecule has 0 spiro atoms. The van der Waals surface area contributed by atoms with Crippen molar-refractivity contribution in [2.24, 2.45) is 5.73 Å². The van der Waals surface area contributed by atoms with Crippen LogP contribution in [0.15, 0.2) is 16.8 Å². The van der Waals surface area contributed by atoms with Gasteiger partial charge in [0.25, 0.3) is 0 Å². The number of ether oxygens (including phenoxy) is 1. The lowest BCUT2D eigenvalue weighted by Crippen LogP contribution is -2.35. The van der Waals surface area contributed by atoms with Gasteiger partial charge in [-0.2, -0.15) is 0 Å². The molecule has 2 rings (SSSR count). The van der Waals surface area contributed by atoms with Crippen LogP contribution < -0.4 is 11.1 Å². The molecule has 3 N–H and O–H groups in total. The second-order valence-electron chi connectivity index (χ2n) is 3.76. The van der Waals surface area contributed by atoms with Gasteiger partial charge in [-0.05, 0) is 12.8 Å². The molecule has 2 unspecified atom stereocenters. The molecule has 1 aromatic heterocycles. The number of rotatable bonds is 4. The number of aromatic nitrogens is 1. The molecule has 1 saturated heterocycles. The smallest absolute Gasteiger partial charge is 0.249 e. The normalized spacial score (nSPS) is 24.6. The molecule has 1 aromatic rings. The van der Waals surface area contributed by atoms with Crippen molar-refractivity contribution < 1.29 is 14.1 Å². The van der Waals surface area contributed by atoms with Crippen LogP contribution in [0.4, 0.5) is 0 Å². The molecular weight excluding hydrogens is 210 g/mol. The van der Waals surface area contributed by atoms with E-state index in [-0.39, 0.29) is 18.1 Å². The van der Waals surface area contributed by atoms with Crippen LogP contribution in [-0.4, -0.2) is 29.8 Å². The maximum Gasteiger partial charge on any atom is 0.249 e. The maximum absolute atomic E-state index is 11.7. The summed E-state index contributed by atoms with van der Waals surface area (Å²) in [6.45, 7) is 0.803. The minimum Gasteiger partial charge on any atom is -0.364 e. The zero-order valence-corrected chi connectivity index (χ0v) is 8.89. The predicted octanol–water partition coefficient (Wildman–Crippen LogP) is -0.203. The summed E-state index contributed by atoms with van der Waals surface area (Å²) in [6.07, 6.45) is 2.75. The van der Waals surface area contributed by atoms with Gasteiger partial charge in [0.2, 0.25) is 5.91 Å². The average molecular weight is 225 g/mol. The molecule has 2 heterocycles. The summed E-state index contributed by atoms with van der Waals surface area (Å²) in [4.78, 5) is 11.7. The topological polar surface area (TPSA) is 90.4 Å². The highest BCUT2D eigenvalue weighted by Crippen LogP contribution is 2.18. The monoisotopic (exact) mass is 225 g/mol. The Labute approximate surface area is 93.1 Å². The zero-order valence-electron chi connectivity index (χ0n) is 8.89. The third-order valence-electron chi connectivity index (χ3n) is 2.59. The quantitative estimate of drug-likeness (QED) is 0.740. The Morgan fingerprint density at radius 3 is 3.12 bits per heavy atom. The van der Waals surface area contributed by atoms with E-state index in [1.54, 1.807) is 6.07 Å². The van der Waals surface area contributed by atoms with E-state index in [0.717, 1.165) is 12.8 Å². The highest BCUT2D eigenvalue weighted by Gasteiger charge is 2.29. The largest absolute Gasteiger partial charge is 0.364 e. The summed E-state index contributed by atoms with van der Waals surface area (Å²) in [5.74, 6) is 0.508. The van der Waals surface area contributed by atoms with Crippen LogP contribution in [0.1, 0.15) is 18.6 Å². The molecule has 0 saturated carbocycles. The highest BCUT2D eigenvalue weighted by atomic mass is 16.5. The van der Waals surface area contributed by atoms with Crippen LogP contribution in [0, 0.1) is 0 Å². The van der Waals surface area contributed by atoms with Gasteiger partial charge >= 0.3 is 0 Å². The molecule has 2 atom stereocenters. The summed E-state index contributed by atoms with van der Waals surface area (Å²) < 4.78 is 10.3. The van der Waals surface area contributed by atoms with Gasteiger partial charge in [-0.25, -0.2) is 0 Å². The third-order valence-corrected chi connectivity index (χ3v) is 2.59. The summed E-state index contributed by atoms with van der Waals surface area (Å²) in [5.41, 5.74) is 5.47. The second kappa shape index (κ2) is 5.09. The van der Waals surface area contributed by atoms with E-state index < -0.39 is 0 Å². The van der Waals surface area contributed by atoms with Crippen LogP contribution in [-0.2, 0) is 16.1 Å². The SMILES string of the molecule is NCC1CCC(C(=O)NCc2ccno2)O1. The molecule has 0 radical (unpaired) electrons. The first-order chi connectivity index (χ1) is 7.79. The van der Waals surface area contributed by atoms with Gasteiger partial charge in [-0.15, -0.1) is 0 Å². The first-order valence-corrected chi connectivity index (χ1v) is 5.32. The number of amides is 1. The summed E-state index contributed by atoms with van der Waals surface area (Å²) in [7, 11) is 0. The molecule has 1 aliphatic rings. The molecule has 0 aromatic carbocycles. The molecule has 6 heteroatoms. The molecule has 1 fully saturated rings. The minimum absolute atomic E-state index is 0.0148. The molecule has 0 aliphatic carbocycles. The number of hydrogen-bond acceptors (Lipinski definition) is 5. The van der Waals surface area contributed by atoms with E-state index in [9.17, 15) is 4.79 Å². The Kier molecular flexibility index (Phi) is 3.53. The zero-order chi connectivity index (χ0) is 11.4. The van der Waals surface area contributed by atoms with Crippen molar-refractivity contribution in [3.8, 4) is 0 Å². The van der Waals surface area contributed by atoms with Crippen LogP contribution in [0.5, 0.6) is 0 Å². The molecule has 16 heavy (non-hydrogen) atoms. The van der Waals surface area contributed by atoms with Crippen LogP contribution in [0.2, 0.25) is 0 Å². The Hall–Kier alpha value is -1.40. The predicted molar refractivity (Wildman–Crippen MR) is 55.3 cm³/mol. The minimum atomic E-state index is -0.378. The van der Waals surface area contributed by atoms with Gasteiger partial charge < -0.3 is 20.3 Å². The van der Waals surface area contributed by atoms with Gasteiger partial charge in [-0.1, -0.05) is 5.16 Å². The number of carbonyl (C=O) groups excluding carboxylic acids is 1. The fraction of sp³-hybridized carbons (Fsp3) is 0.600. The molecular formula is C10H15N3O3. The van der Waals surface area contributed by atoms with Crippen LogP contribution in [0.25, 0.3) is 0 Å². The molecule has 1 amide bonds. The van der Waals surface area contributed by atoms with Gasteiger partial charge in [0.1, 0.15) is 6.10 Å². The van der Waals surface area contributed by atoms with Gasteiger partial charge in [0, 0.05) is 12.6 Å². The van der Waals surface area contributed by atoms with Crippen molar-refractivity contribution in [3.63, 3.8) is 0 Å². The molecule has 88 valence electrons. The number of nitrogens with one attached hydrogen (secondary N) is 1.